The summed E-state index contributed by atoms with van der Waals surface area (Å²) in [7, 11) is 1.71. The standard InChI is InChI=1S/C24H22N2O3/c1-26-16-21(19-11-5-6-12-20(19)23(26)27)24(28)29-22(18-10-7-13-25-15-18)14-17-8-3-2-4-9-17/h2-13,15,21-22H,14,16H2,1H3. The van der Waals surface area contributed by atoms with Crippen LogP contribution in [0.25, 0.3) is 0 Å². The Kier molecular flexibility index (Phi) is 5.38. The number of pyridine rings is 1. The molecule has 1 aliphatic heterocycles. The molecule has 5 nitrogen and oxygen atoms in total. The van der Waals surface area contributed by atoms with Crippen LogP contribution in [-0.4, -0.2) is 35.4 Å². The molecule has 0 spiro atoms. The van der Waals surface area contributed by atoms with Gasteiger partial charge in [0.05, 0.1) is 0 Å². The molecule has 0 saturated carbocycles. The summed E-state index contributed by atoms with van der Waals surface area (Å²) in [4.78, 5) is 31.4. The van der Waals surface area contributed by atoms with Crippen molar-refractivity contribution in [2.45, 2.75) is 18.4 Å². The number of carbonyl (C=O) groups excluding carboxylic acids is 2. The molecule has 2 heterocycles. The van der Waals surface area contributed by atoms with Gasteiger partial charge in [0.15, 0.2) is 0 Å². The summed E-state index contributed by atoms with van der Waals surface area (Å²) in [5.74, 6) is -0.914. The highest BCUT2D eigenvalue weighted by atomic mass is 16.5. The van der Waals surface area contributed by atoms with E-state index in [-0.39, 0.29) is 11.9 Å². The average molecular weight is 386 g/mol. The van der Waals surface area contributed by atoms with Gasteiger partial charge < -0.3 is 9.64 Å². The van der Waals surface area contributed by atoms with Crippen molar-refractivity contribution in [3.05, 3.63) is 101 Å². The Morgan fingerprint density at radius 1 is 1.10 bits per heavy atom. The van der Waals surface area contributed by atoms with E-state index in [1.165, 1.54) is 0 Å². The Morgan fingerprint density at radius 3 is 2.62 bits per heavy atom. The van der Waals surface area contributed by atoms with Crippen molar-refractivity contribution in [2.24, 2.45) is 0 Å². The van der Waals surface area contributed by atoms with Crippen LogP contribution >= 0.6 is 0 Å². The molecule has 5 heteroatoms. The molecule has 0 saturated heterocycles. The topological polar surface area (TPSA) is 59.5 Å². The number of amides is 1. The highest BCUT2D eigenvalue weighted by Crippen LogP contribution is 2.31. The van der Waals surface area contributed by atoms with Crippen molar-refractivity contribution in [1.82, 2.24) is 9.88 Å². The zero-order valence-electron chi connectivity index (χ0n) is 16.2. The Hall–Kier alpha value is -3.47. The Balaban J connectivity index is 1.61. The van der Waals surface area contributed by atoms with Crippen LogP contribution in [0.15, 0.2) is 79.1 Å². The van der Waals surface area contributed by atoms with Crippen LogP contribution in [0.4, 0.5) is 0 Å². The number of hydrogen-bond donors (Lipinski definition) is 0. The molecule has 1 amide bonds. The van der Waals surface area contributed by atoms with Gasteiger partial charge in [-0.2, -0.15) is 0 Å². The quantitative estimate of drug-likeness (QED) is 0.626. The third-order valence-electron chi connectivity index (χ3n) is 5.23. The Bertz CT molecular complexity index is 1000. The number of fused-ring (bicyclic) bond motifs is 1. The predicted octanol–water partition coefficient (Wildman–Crippen LogP) is 3.78. The van der Waals surface area contributed by atoms with E-state index < -0.39 is 12.0 Å². The molecule has 0 radical (unpaired) electrons. The number of benzene rings is 2. The lowest BCUT2D eigenvalue weighted by atomic mass is 9.89. The minimum atomic E-state index is -0.510. The molecule has 0 fully saturated rings. The van der Waals surface area contributed by atoms with Gasteiger partial charge >= 0.3 is 5.97 Å². The number of hydrogen-bond acceptors (Lipinski definition) is 4. The lowest BCUT2D eigenvalue weighted by Gasteiger charge is -2.31. The van der Waals surface area contributed by atoms with E-state index in [0.29, 0.717) is 18.5 Å². The number of aromatic nitrogens is 1. The summed E-state index contributed by atoms with van der Waals surface area (Å²) in [5, 5.41) is 0. The van der Waals surface area contributed by atoms with Gasteiger partial charge in [0.2, 0.25) is 0 Å². The molecule has 2 unspecified atom stereocenters. The van der Waals surface area contributed by atoms with Crippen molar-refractivity contribution in [3.8, 4) is 0 Å². The molecule has 2 aromatic carbocycles. The fourth-order valence-corrected chi connectivity index (χ4v) is 3.70. The molecule has 29 heavy (non-hydrogen) atoms. The Labute approximate surface area is 170 Å². The van der Waals surface area contributed by atoms with E-state index in [1.54, 1.807) is 30.4 Å². The van der Waals surface area contributed by atoms with Crippen molar-refractivity contribution >= 4 is 11.9 Å². The van der Waals surface area contributed by atoms with E-state index in [1.807, 2.05) is 60.7 Å². The average Bonchev–Trinajstić information content (AvgIpc) is 2.77. The maximum atomic E-state index is 13.2. The van der Waals surface area contributed by atoms with Crippen LogP contribution in [0, 0.1) is 0 Å². The number of rotatable bonds is 5. The fraction of sp³-hybridized carbons (Fsp3) is 0.208. The summed E-state index contributed by atoms with van der Waals surface area (Å²) < 4.78 is 6.00. The zero-order valence-corrected chi connectivity index (χ0v) is 16.2. The number of nitrogens with zero attached hydrogens (tertiary/aromatic N) is 2. The van der Waals surface area contributed by atoms with E-state index in [4.69, 9.17) is 4.74 Å². The smallest absolute Gasteiger partial charge is 0.315 e. The molecule has 0 aliphatic carbocycles. The first-order chi connectivity index (χ1) is 14.1. The highest BCUT2D eigenvalue weighted by molar-refractivity contribution is 5.99. The van der Waals surface area contributed by atoms with Crippen LogP contribution in [-0.2, 0) is 16.0 Å². The van der Waals surface area contributed by atoms with E-state index in [0.717, 1.165) is 16.7 Å². The summed E-state index contributed by atoms with van der Waals surface area (Å²) in [6, 6.07) is 20.9. The van der Waals surface area contributed by atoms with Gasteiger partial charge in [-0.1, -0.05) is 54.6 Å². The second-order valence-corrected chi connectivity index (χ2v) is 7.23. The van der Waals surface area contributed by atoms with Gasteiger partial charge in [-0.05, 0) is 23.3 Å². The maximum Gasteiger partial charge on any atom is 0.315 e. The Morgan fingerprint density at radius 2 is 1.86 bits per heavy atom. The van der Waals surface area contributed by atoms with Crippen LogP contribution < -0.4 is 0 Å². The monoisotopic (exact) mass is 386 g/mol. The lowest BCUT2D eigenvalue weighted by Crippen LogP contribution is -2.40. The first kappa shape index (κ1) is 18.9. The minimum Gasteiger partial charge on any atom is -0.457 e. The summed E-state index contributed by atoms with van der Waals surface area (Å²) in [5.41, 5.74) is 3.21. The second kappa shape index (κ2) is 8.27. The molecule has 1 aromatic heterocycles. The molecule has 0 N–H and O–H groups in total. The molecular formula is C24H22N2O3. The van der Waals surface area contributed by atoms with Crippen LogP contribution in [0.2, 0.25) is 0 Å². The largest absolute Gasteiger partial charge is 0.457 e. The van der Waals surface area contributed by atoms with Gasteiger partial charge in [-0.3, -0.25) is 14.6 Å². The number of carbonyl (C=O) groups is 2. The first-order valence-electron chi connectivity index (χ1n) is 9.62. The van der Waals surface area contributed by atoms with Crippen molar-refractivity contribution in [3.63, 3.8) is 0 Å². The first-order valence-corrected chi connectivity index (χ1v) is 9.62. The molecular weight excluding hydrogens is 364 g/mol. The zero-order chi connectivity index (χ0) is 20.2. The van der Waals surface area contributed by atoms with Gasteiger partial charge in [0, 0.05) is 43.5 Å². The van der Waals surface area contributed by atoms with Gasteiger partial charge in [0.1, 0.15) is 12.0 Å². The van der Waals surface area contributed by atoms with Gasteiger partial charge in [-0.15, -0.1) is 0 Å². The SMILES string of the molecule is CN1CC(C(=O)OC(Cc2ccccc2)c2cccnc2)c2ccccc2C1=O. The summed E-state index contributed by atoms with van der Waals surface area (Å²) in [6.07, 6.45) is 3.53. The van der Waals surface area contributed by atoms with Crippen LogP contribution in [0.1, 0.15) is 39.1 Å². The minimum absolute atomic E-state index is 0.0715. The molecule has 0 bridgehead atoms. The molecule has 2 atom stereocenters. The molecule has 146 valence electrons. The van der Waals surface area contributed by atoms with Gasteiger partial charge in [-0.25, -0.2) is 0 Å². The molecule has 3 aromatic rings. The van der Waals surface area contributed by atoms with Crippen molar-refractivity contribution < 1.29 is 14.3 Å². The van der Waals surface area contributed by atoms with Crippen LogP contribution in [0.3, 0.4) is 0 Å². The second-order valence-electron chi connectivity index (χ2n) is 7.23. The van der Waals surface area contributed by atoms with Crippen molar-refractivity contribution in [2.75, 3.05) is 13.6 Å². The number of ether oxygens (including phenoxy) is 1. The molecule has 1 aliphatic rings. The summed E-state index contributed by atoms with van der Waals surface area (Å²) >= 11 is 0. The maximum absolute atomic E-state index is 13.2. The third-order valence-corrected chi connectivity index (χ3v) is 5.23. The predicted molar refractivity (Wildman–Crippen MR) is 109 cm³/mol. The van der Waals surface area contributed by atoms with Gasteiger partial charge in [0.25, 0.3) is 5.91 Å². The fourth-order valence-electron chi connectivity index (χ4n) is 3.70. The highest BCUT2D eigenvalue weighted by Gasteiger charge is 2.35. The van der Waals surface area contributed by atoms with E-state index in [2.05, 4.69) is 4.98 Å². The lowest BCUT2D eigenvalue weighted by molar-refractivity contribution is -0.151. The number of esters is 1. The normalized spacial score (nSPS) is 16.8. The van der Waals surface area contributed by atoms with E-state index >= 15 is 0 Å². The van der Waals surface area contributed by atoms with E-state index in [9.17, 15) is 9.59 Å². The number of likely N-dealkylation sites (N-methyl/N-ethyl adjacent to an activating group) is 1. The molecule has 4 rings (SSSR count). The summed E-state index contributed by atoms with van der Waals surface area (Å²) in [6.45, 7) is 0.305. The third kappa shape index (κ3) is 4.04. The van der Waals surface area contributed by atoms with Crippen molar-refractivity contribution in [1.29, 1.82) is 0 Å². The van der Waals surface area contributed by atoms with Crippen LogP contribution in [0.5, 0.6) is 0 Å².